The van der Waals surface area contributed by atoms with Crippen LogP contribution in [0, 0.1) is 0 Å². The first-order chi connectivity index (χ1) is 14.2. The number of aromatic nitrogens is 6. The number of nitrogens with zero attached hydrogens (tertiary/aromatic N) is 7. The molecule has 4 heterocycles. The Morgan fingerprint density at radius 1 is 1.24 bits per heavy atom. The number of rotatable bonds is 4. The van der Waals surface area contributed by atoms with Gasteiger partial charge >= 0.3 is 0 Å². The van der Waals surface area contributed by atoms with Crippen molar-refractivity contribution in [2.45, 2.75) is 12.5 Å². The summed E-state index contributed by atoms with van der Waals surface area (Å²) in [5, 5.41) is 15.7. The quantitative estimate of drug-likeness (QED) is 0.570. The van der Waals surface area contributed by atoms with Crippen LogP contribution in [0.4, 0.5) is 5.82 Å². The van der Waals surface area contributed by atoms with Crippen molar-refractivity contribution >= 4 is 17.4 Å². The van der Waals surface area contributed by atoms with Crippen LogP contribution in [0.15, 0.2) is 55.1 Å². The summed E-state index contributed by atoms with van der Waals surface area (Å²) in [4.78, 5) is 19.4. The number of benzene rings is 1. The molecule has 146 valence electrons. The molecule has 0 spiro atoms. The van der Waals surface area contributed by atoms with Crippen LogP contribution in [-0.2, 0) is 7.05 Å². The van der Waals surface area contributed by atoms with Crippen molar-refractivity contribution in [1.29, 1.82) is 0 Å². The van der Waals surface area contributed by atoms with Crippen molar-refractivity contribution in [3.63, 3.8) is 0 Å². The molecule has 0 bridgehead atoms. The molecule has 1 aliphatic heterocycles. The van der Waals surface area contributed by atoms with E-state index in [1.807, 2.05) is 47.0 Å². The van der Waals surface area contributed by atoms with Crippen LogP contribution in [0.1, 0.15) is 16.9 Å². The fraction of sp³-hybridized carbons (Fsp3) is 0.250. The normalized spacial score (nSPS) is 16.4. The smallest absolute Gasteiger partial charge is 0.269 e. The molecule has 1 aromatic carbocycles. The number of amides is 1. The lowest BCUT2D eigenvalue weighted by molar-refractivity contribution is 0.0931. The maximum atomic E-state index is 12.8. The first kappa shape index (κ1) is 17.4. The van der Waals surface area contributed by atoms with Crippen molar-refractivity contribution < 1.29 is 4.79 Å². The second-order valence-corrected chi connectivity index (χ2v) is 7.12. The lowest BCUT2D eigenvalue weighted by Gasteiger charge is -2.18. The average molecular weight is 388 g/mol. The van der Waals surface area contributed by atoms with E-state index in [0.29, 0.717) is 12.2 Å². The molecule has 9 heteroatoms. The molecule has 4 aromatic rings. The first-order valence-electron chi connectivity index (χ1n) is 9.48. The van der Waals surface area contributed by atoms with Crippen molar-refractivity contribution in [2.75, 3.05) is 18.0 Å². The largest absolute Gasteiger partial charge is 0.351 e. The monoisotopic (exact) mass is 388 g/mol. The van der Waals surface area contributed by atoms with Crippen LogP contribution >= 0.6 is 0 Å². The molecule has 1 aliphatic rings. The Hall–Kier alpha value is -3.75. The highest BCUT2D eigenvalue weighted by Gasteiger charge is 2.28. The predicted molar refractivity (Wildman–Crippen MR) is 108 cm³/mol. The van der Waals surface area contributed by atoms with E-state index in [1.54, 1.807) is 24.3 Å². The van der Waals surface area contributed by atoms with Crippen LogP contribution < -0.4 is 10.2 Å². The zero-order chi connectivity index (χ0) is 19.8. The van der Waals surface area contributed by atoms with E-state index in [1.165, 1.54) is 0 Å². The first-order valence-corrected chi connectivity index (χ1v) is 9.48. The van der Waals surface area contributed by atoms with Gasteiger partial charge in [-0.1, -0.05) is 30.3 Å². The van der Waals surface area contributed by atoms with Gasteiger partial charge in [0.1, 0.15) is 12.0 Å². The minimum atomic E-state index is -0.123. The molecule has 1 atom stereocenters. The molecule has 0 saturated carbocycles. The van der Waals surface area contributed by atoms with Crippen LogP contribution in [-0.4, -0.2) is 54.4 Å². The Morgan fingerprint density at radius 3 is 2.97 bits per heavy atom. The zero-order valence-electron chi connectivity index (χ0n) is 15.9. The average Bonchev–Trinajstić information content (AvgIpc) is 3.47. The molecule has 1 saturated heterocycles. The third-order valence-corrected chi connectivity index (χ3v) is 5.20. The topological polar surface area (TPSA) is 93.2 Å². The third kappa shape index (κ3) is 3.20. The van der Waals surface area contributed by atoms with Crippen molar-refractivity contribution in [3.8, 4) is 11.3 Å². The number of hydrogen-bond donors (Lipinski definition) is 1. The van der Waals surface area contributed by atoms with E-state index in [-0.39, 0.29) is 11.9 Å². The molecule has 0 unspecified atom stereocenters. The Balaban J connectivity index is 1.30. The fourth-order valence-electron chi connectivity index (χ4n) is 3.73. The highest BCUT2D eigenvalue weighted by atomic mass is 16.2. The van der Waals surface area contributed by atoms with Gasteiger partial charge in [0.05, 0.1) is 5.69 Å². The van der Waals surface area contributed by atoms with Gasteiger partial charge < -0.3 is 10.2 Å². The summed E-state index contributed by atoms with van der Waals surface area (Å²) in [6.07, 6.45) is 6.05. The molecule has 1 fully saturated rings. The van der Waals surface area contributed by atoms with Crippen molar-refractivity contribution in [3.05, 3.63) is 60.8 Å². The van der Waals surface area contributed by atoms with Gasteiger partial charge in [-0.2, -0.15) is 5.10 Å². The molecular weight excluding hydrogens is 368 g/mol. The molecule has 9 nitrogen and oxygen atoms in total. The summed E-state index contributed by atoms with van der Waals surface area (Å²) in [5.74, 6) is 0.663. The Labute approximate surface area is 167 Å². The summed E-state index contributed by atoms with van der Waals surface area (Å²) < 4.78 is 3.47. The Kier molecular flexibility index (Phi) is 4.19. The molecule has 5 rings (SSSR count). The van der Waals surface area contributed by atoms with Gasteiger partial charge in [-0.3, -0.25) is 13.9 Å². The predicted octanol–water partition coefficient (Wildman–Crippen LogP) is 1.53. The van der Waals surface area contributed by atoms with Gasteiger partial charge in [0.15, 0.2) is 5.82 Å². The third-order valence-electron chi connectivity index (χ3n) is 5.20. The van der Waals surface area contributed by atoms with Crippen molar-refractivity contribution in [2.24, 2.45) is 7.05 Å². The summed E-state index contributed by atoms with van der Waals surface area (Å²) in [5.41, 5.74) is 3.04. The number of anilines is 1. The molecule has 3 aromatic heterocycles. The summed E-state index contributed by atoms with van der Waals surface area (Å²) in [7, 11) is 1.79. The maximum absolute atomic E-state index is 12.8. The number of fused-ring (bicyclic) bond motifs is 1. The number of aryl methyl sites for hydroxylation is 1. The van der Waals surface area contributed by atoms with E-state index in [0.717, 1.165) is 35.7 Å². The number of nitrogens with one attached hydrogen (secondary N) is 1. The SMILES string of the molecule is Cn1nc(-c2ccccc2)cc1C(=O)N[C@H]1CCN(c2nccn3cnnc23)C1. The van der Waals surface area contributed by atoms with Gasteiger partial charge in [0.2, 0.25) is 5.65 Å². The van der Waals surface area contributed by atoms with Gasteiger partial charge in [-0.25, -0.2) is 4.98 Å². The fourth-order valence-corrected chi connectivity index (χ4v) is 3.73. The van der Waals surface area contributed by atoms with Gasteiger partial charge in [0.25, 0.3) is 5.91 Å². The maximum Gasteiger partial charge on any atom is 0.269 e. The minimum Gasteiger partial charge on any atom is -0.351 e. The number of carbonyl (C=O) groups excluding carboxylic acids is 1. The highest BCUT2D eigenvalue weighted by molar-refractivity contribution is 5.94. The molecule has 29 heavy (non-hydrogen) atoms. The Bertz CT molecular complexity index is 1170. The van der Waals surface area contributed by atoms with Crippen molar-refractivity contribution in [1.82, 2.24) is 34.7 Å². The lowest BCUT2D eigenvalue weighted by Crippen LogP contribution is -2.38. The molecule has 0 aliphatic carbocycles. The number of carbonyl (C=O) groups is 1. The molecular formula is C20H20N8O. The van der Waals surface area contributed by atoms with Crippen LogP contribution in [0.3, 0.4) is 0 Å². The molecule has 1 N–H and O–H groups in total. The van der Waals surface area contributed by atoms with Crippen LogP contribution in [0.2, 0.25) is 0 Å². The van der Waals surface area contributed by atoms with E-state index >= 15 is 0 Å². The van der Waals surface area contributed by atoms with Crippen LogP contribution in [0.5, 0.6) is 0 Å². The second kappa shape index (κ2) is 7.01. The van der Waals surface area contributed by atoms with E-state index in [4.69, 9.17) is 0 Å². The van der Waals surface area contributed by atoms with E-state index < -0.39 is 0 Å². The summed E-state index contributed by atoms with van der Waals surface area (Å²) in [6, 6.07) is 11.7. The van der Waals surface area contributed by atoms with E-state index in [2.05, 4.69) is 30.5 Å². The highest BCUT2D eigenvalue weighted by Crippen LogP contribution is 2.22. The Morgan fingerprint density at radius 2 is 2.10 bits per heavy atom. The standard InChI is InChI=1S/C20H20N8O/c1-26-17(11-16(25-26)14-5-3-2-4-6-14)20(29)23-15-7-9-27(12-15)18-19-24-22-13-28(19)10-8-21-18/h2-6,8,10-11,13,15H,7,9,12H2,1H3,(H,23,29)/t15-/m0/s1. The lowest BCUT2D eigenvalue weighted by atomic mass is 10.1. The van der Waals surface area contributed by atoms with Crippen LogP contribution in [0.25, 0.3) is 16.9 Å². The van der Waals surface area contributed by atoms with Gasteiger partial charge in [0, 0.05) is 44.1 Å². The van der Waals surface area contributed by atoms with Gasteiger partial charge in [-0.15, -0.1) is 10.2 Å². The summed E-state index contributed by atoms with van der Waals surface area (Å²) >= 11 is 0. The van der Waals surface area contributed by atoms with Gasteiger partial charge in [-0.05, 0) is 12.5 Å². The molecule has 1 amide bonds. The number of hydrogen-bond acceptors (Lipinski definition) is 6. The van der Waals surface area contributed by atoms with E-state index in [9.17, 15) is 4.79 Å². The molecule has 0 radical (unpaired) electrons. The zero-order valence-corrected chi connectivity index (χ0v) is 15.9. The minimum absolute atomic E-state index is 0.0301. The second-order valence-electron chi connectivity index (χ2n) is 7.12. The summed E-state index contributed by atoms with van der Waals surface area (Å²) in [6.45, 7) is 1.47.